The van der Waals surface area contributed by atoms with Gasteiger partial charge in [0.2, 0.25) is 0 Å². The summed E-state index contributed by atoms with van der Waals surface area (Å²) >= 11 is 0. The number of H-pyrrole nitrogens is 1. The van der Waals surface area contributed by atoms with Gasteiger partial charge in [0.25, 0.3) is 0 Å². The molecule has 0 radical (unpaired) electrons. The summed E-state index contributed by atoms with van der Waals surface area (Å²) in [4.78, 5) is 3.95. The topological polar surface area (TPSA) is 77.4 Å². The van der Waals surface area contributed by atoms with Crippen LogP contribution in [0.1, 0.15) is 11.4 Å². The first-order chi connectivity index (χ1) is 7.40. The highest BCUT2D eigenvalue weighted by molar-refractivity contribution is 5.53. The van der Waals surface area contributed by atoms with E-state index in [1.807, 2.05) is 18.2 Å². The predicted molar refractivity (Wildman–Crippen MR) is 54.9 cm³/mol. The van der Waals surface area contributed by atoms with Crippen LogP contribution in [0, 0.1) is 11.3 Å². The fourth-order valence-corrected chi connectivity index (χ4v) is 1.21. The zero-order valence-electron chi connectivity index (χ0n) is 7.94. The number of anilines is 1. The number of aromatic amines is 1. The van der Waals surface area contributed by atoms with Gasteiger partial charge in [-0.3, -0.25) is 5.10 Å². The van der Waals surface area contributed by atoms with Crippen molar-refractivity contribution in [2.75, 3.05) is 5.32 Å². The zero-order valence-corrected chi connectivity index (χ0v) is 7.94. The van der Waals surface area contributed by atoms with E-state index in [-0.39, 0.29) is 0 Å². The molecule has 0 amide bonds. The van der Waals surface area contributed by atoms with Gasteiger partial charge in [-0.15, -0.1) is 0 Å². The summed E-state index contributed by atoms with van der Waals surface area (Å²) in [6, 6.07) is 7.51. The molecule has 2 N–H and O–H groups in total. The summed E-state index contributed by atoms with van der Waals surface area (Å²) < 4.78 is 0. The molecule has 0 atom stereocenters. The molecule has 5 heteroatoms. The molecule has 0 aliphatic carbocycles. The van der Waals surface area contributed by atoms with E-state index in [9.17, 15) is 0 Å². The third kappa shape index (κ3) is 2.11. The van der Waals surface area contributed by atoms with Crippen LogP contribution in [0.2, 0.25) is 0 Å². The molecule has 74 valence electrons. The van der Waals surface area contributed by atoms with Crippen molar-refractivity contribution in [2.24, 2.45) is 0 Å². The van der Waals surface area contributed by atoms with Gasteiger partial charge < -0.3 is 5.32 Å². The highest BCUT2D eigenvalue weighted by atomic mass is 15.1. The smallest absolute Gasteiger partial charge is 0.163 e. The molecule has 15 heavy (non-hydrogen) atoms. The minimum atomic E-state index is 0.400. The molecule has 0 saturated heterocycles. The Balaban J connectivity index is 2.08. The molecular weight excluding hydrogens is 190 g/mol. The van der Waals surface area contributed by atoms with E-state index < -0.39 is 0 Å². The Bertz CT molecular complexity index is 469. The third-order valence-electron chi connectivity index (χ3n) is 1.94. The second-order valence-corrected chi connectivity index (χ2v) is 2.95. The number of hydrogen-bond acceptors (Lipinski definition) is 4. The highest BCUT2D eigenvalue weighted by Gasteiger charge is 2.01. The quantitative estimate of drug-likeness (QED) is 0.780. The SMILES string of the molecule is N#Cc1ncccc1NCc1ccn[nH]1. The Hall–Kier alpha value is -2.35. The Morgan fingerprint density at radius 2 is 2.33 bits per heavy atom. The fourth-order valence-electron chi connectivity index (χ4n) is 1.21. The van der Waals surface area contributed by atoms with E-state index in [4.69, 9.17) is 5.26 Å². The van der Waals surface area contributed by atoms with Gasteiger partial charge in [0.15, 0.2) is 5.69 Å². The van der Waals surface area contributed by atoms with E-state index in [1.54, 1.807) is 18.5 Å². The number of nitriles is 1. The Labute approximate surface area is 86.8 Å². The lowest BCUT2D eigenvalue weighted by Crippen LogP contribution is -2.02. The maximum absolute atomic E-state index is 8.80. The molecule has 0 bridgehead atoms. The number of hydrogen-bond donors (Lipinski definition) is 2. The van der Waals surface area contributed by atoms with Gasteiger partial charge in [0, 0.05) is 12.4 Å². The summed E-state index contributed by atoms with van der Waals surface area (Å²) in [5.74, 6) is 0. The highest BCUT2D eigenvalue weighted by Crippen LogP contribution is 2.11. The maximum atomic E-state index is 8.80. The summed E-state index contributed by atoms with van der Waals surface area (Å²) in [6.07, 6.45) is 3.28. The van der Waals surface area contributed by atoms with Gasteiger partial charge in [0.1, 0.15) is 6.07 Å². The lowest BCUT2D eigenvalue weighted by molar-refractivity contribution is 0.979. The number of rotatable bonds is 3. The average Bonchev–Trinajstić information content (AvgIpc) is 2.79. The van der Waals surface area contributed by atoms with Crippen molar-refractivity contribution in [1.29, 1.82) is 5.26 Å². The molecule has 0 spiro atoms. The lowest BCUT2D eigenvalue weighted by Gasteiger charge is -2.04. The molecule has 2 aromatic rings. The van der Waals surface area contributed by atoms with Gasteiger partial charge in [-0.1, -0.05) is 0 Å². The number of aromatic nitrogens is 3. The van der Waals surface area contributed by atoms with E-state index in [1.165, 1.54) is 0 Å². The molecule has 2 aromatic heterocycles. The average molecular weight is 199 g/mol. The molecule has 0 aromatic carbocycles. The van der Waals surface area contributed by atoms with Crippen LogP contribution in [-0.2, 0) is 6.54 Å². The molecule has 2 heterocycles. The van der Waals surface area contributed by atoms with E-state index in [2.05, 4.69) is 20.5 Å². The molecule has 0 aliphatic rings. The summed E-state index contributed by atoms with van der Waals surface area (Å²) in [6.45, 7) is 0.598. The second kappa shape index (κ2) is 4.24. The Morgan fingerprint density at radius 3 is 3.07 bits per heavy atom. The van der Waals surface area contributed by atoms with Gasteiger partial charge in [0.05, 0.1) is 17.9 Å². The summed E-state index contributed by atoms with van der Waals surface area (Å²) in [5.41, 5.74) is 2.09. The molecular formula is C10H9N5. The number of nitrogens with one attached hydrogen (secondary N) is 2. The van der Waals surface area contributed by atoms with Crippen LogP contribution in [0.5, 0.6) is 0 Å². The largest absolute Gasteiger partial charge is 0.377 e. The van der Waals surface area contributed by atoms with Crippen LogP contribution < -0.4 is 5.32 Å². The van der Waals surface area contributed by atoms with Crippen LogP contribution >= 0.6 is 0 Å². The zero-order chi connectivity index (χ0) is 10.5. The normalized spacial score (nSPS) is 9.53. The van der Waals surface area contributed by atoms with Crippen molar-refractivity contribution < 1.29 is 0 Å². The second-order valence-electron chi connectivity index (χ2n) is 2.95. The molecule has 0 unspecified atom stereocenters. The lowest BCUT2D eigenvalue weighted by atomic mass is 10.3. The van der Waals surface area contributed by atoms with Crippen molar-refractivity contribution in [3.63, 3.8) is 0 Å². The first-order valence-electron chi connectivity index (χ1n) is 4.47. The maximum Gasteiger partial charge on any atom is 0.163 e. The van der Waals surface area contributed by atoms with E-state index in [0.29, 0.717) is 12.2 Å². The van der Waals surface area contributed by atoms with Gasteiger partial charge in [-0.25, -0.2) is 4.98 Å². The van der Waals surface area contributed by atoms with Crippen LogP contribution in [0.4, 0.5) is 5.69 Å². The molecule has 5 nitrogen and oxygen atoms in total. The monoisotopic (exact) mass is 199 g/mol. The third-order valence-corrected chi connectivity index (χ3v) is 1.94. The van der Waals surface area contributed by atoms with Gasteiger partial charge >= 0.3 is 0 Å². The van der Waals surface area contributed by atoms with Crippen molar-refractivity contribution >= 4 is 5.69 Å². The first kappa shape index (κ1) is 9.21. The van der Waals surface area contributed by atoms with Crippen LogP contribution in [0.25, 0.3) is 0 Å². The first-order valence-corrected chi connectivity index (χ1v) is 4.47. The summed E-state index contributed by atoms with van der Waals surface area (Å²) in [7, 11) is 0. The van der Waals surface area contributed by atoms with Crippen LogP contribution in [0.15, 0.2) is 30.6 Å². The summed E-state index contributed by atoms with van der Waals surface area (Å²) in [5, 5.41) is 18.6. The van der Waals surface area contributed by atoms with Crippen LogP contribution in [0.3, 0.4) is 0 Å². The fraction of sp³-hybridized carbons (Fsp3) is 0.100. The van der Waals surface area contributed by atoms with Crippen molar-refractivity contribution in [3.8, 4) is 6.07 Å². The Morgan fingerprint density at radius 1 is 1.40 bits per heavy atom. The minimum absolute atomic E-state index is 0.400. The number of nitrogens with zero attached hydrogens (tertiary/aromatic N) is 3. The number of pyridine rings is 1. The molecule has 0 aliphatic heterocycles. The minimum Gasteiger partial charge on any atom is -0.377 e. The predicted octanol–water partition coefficient (Wildman–Crippen LogP) is 1.29. The van der Waals surface area contributed by atoms with E-state index in [0.717, 1.165) is 11.4 Å². The van der Waals surface area contributed by atoms with E-state index >= 15 is 0 Å². The van der Waals surface area contributed by atoms with Gasteiger partial charge in [-0.05, 0) is 18.2 Å². The standard InChI is InChI=1S/C10H9N5/c11-6-10-9(2-1-4-12-10)13-7-8-3-5-14-15-8/h1-5,13H,7H2,(H,14,15). The van der Waals surface area contributed by atoms with Crippen LogP contribution in [-0.4, -0.2) is 15.2 Å². The molecule has 0 saturated carbocycles. The van der Waals surface area contributed by atoms with Gasteiger partial charge in [-0.2, -0.15) is 10.4 Å². The molecule has 0 fully saturated rings. The van der Waals surface area contributed by atoms with Crippen molar-refractivity contribution in [1.82, 2.24) is 15.2 Å². The van der Waals surface area contributed by atoms with Crippen molar-refractivity contribution in [3.05, 3.63) is 42.0 Å². The van der Waals surface area contributed by atoms with Crippen molar-refractivity contribution in [2.45, 2.75) is 6.54 Å². The molecule has 2 rings (SSSR count). The Kier molecular flexibility index (Phi) is 2.61.